The van der Waals surface area contributed by atoms with Gasteiger partial charge in [-0.3, -0.25) is 4.90 Å². The highest BCUT2D eigenvalue weighted by molar-refractivity contribution is 7.11. The van der Waals surface area contributed by atoms with Gasteiger partial charge in [0.25, 0.3) is 0 Å². The number of thiazole rings is 1. The maximum absolute atomic E-state index is 4.34. The Labute approximate surface area is 77.2 Å². The fraction of sp³-hybridized carbons (Fsp3) is 0.667. The molecule has 1 aliphatic heterocycles. The van der Waals surface area contributed by atoms with Crippen molar-refractivity contribution in [1.82, 2.24) is 9.88 Å². The van der Waals surface area contributed by atoms with Crippen LogP contribution in [0.1, 0.15) is 23.2 Å². The minimum atomic E-state index is 1.07. The van der Waals surface area contributed by atoms with E-state index in [2.05, 4.69) is 16.8 Å². The summed E-state index contributed by atoms with van der Waals surface area (Å²) in [5, 5.41) is 1.27. The maximum Gasteiger partial charge on any atom is 0.0925 e. The van der Waals surface area contributed by atoms with E-state index in [0.717, 1.165) is 13.0 Å². The molecule has 0 saturated carbocycles. The lowest BCUT2D eigenvalue weighted by Crippen LogP contribution is -2.35. The molecule has 0 bridgehead atoms. The second kappa shape index (κ2) is 3.54. The number of likely N-dealkylation sites (tertiary alicyclic amines) is 1. The summed E-state index contributed by atoms with van der Waals surface area (Å²) in [6.07, 6.45) is 4.48. The van der Waals surface area contributed by atoms with Crippen molar-refractivity contribution in [2.75, 3.05) is 13.1 Å². The number of aryl methyl sites for hydroxylation is 1. The highest BCUT2D eigenvalue weighted by atomic mass is 32.1. The quantitative estimate of drug-likeness (QED) is 0.710. The fourth-order valence-corrected chi connectivity index (χ4v) is 2.25. The van der Waals surface area contributed by atoms with Crippen molar-refractivity contribution in [3.05, 3.63) is 16.1 Å². The van der Waals surface area contributed by atoms with Crippen LogP contribution in [0.15, 0.2) is 6.20 Å². The van der Waals surface area contributed by atoms with E-state index in [-0.39, 0.29) is 0 Å². The molecule has 2 heterocycles. The largest absolute Gasteiger partial charge is 0.298 e. The van der Waals surface area contributed by atoms with Crippen molar-refractivity contribution >= 4 is 11.3 Å². The SMILES string of the molecule is CCc1ncc(CN2CCC2)s1. The maximum atomic E-state index is 4.34. The third kappa shape index (κ3) is 1.67. The van der Waals surface area contributed by atoms with Gasteiger partial charge in [-0.05, 0) is 25.9 Å². The summed E-state index contributed by atoms with van der Waals surface area (Å²) in [7, 11) is 0. The zero-order valence-corrected chi connectivity index (χ0v) is 8.23. The Morgan fingerprint density at radius 1 is 1.58 bits per heavy atom. The van der Waals surface area contributed by atoms with Crippen LogP contribution in [-0.4, -0.2) is 23.0 Å². The average Bonchev–Trinajstić information content (AvgIpc) is 2.44. The monoisotopic (exact) mass is 182 g/mol. The first kappa shape index (κ1) is 8.20. The van der Waals surface area contributed by atoms with E-state index in [9.17, 15) is 0 Å². The van der Waals surface area contributed by atoms with Gasteiger partial charge in [0, 0.05) is 17.6 Å². The molecule has 0 amide bonds. The number of aromatic nitrogens is 1. The zero-order valence-electron chi connectivity index (χ0n) is 7.42. The summed E-state index contributed by atoms with van der Waals surface area (Å²) in [6, 6.07) is 0. The molecule has 1 aliphatic rings. The lowest BCUT2D eigenvalue weighted by Gasteiger charge is -2.29. The minimum absolute atomic E-state index is 1.07. The van der Waals surface area contributed by atoms with Gasteiger partial charge in [-0.15, -0.1) is 11.3 Å². The van der Waals surface area contributed by atoms with Gasteiger partial charge in [-0.25, -0.2) is 4.98 Å². The van der Waals surface area contributed by atoms with Crippen molar-refractivity contribution < 1.29 is 0 Å². The first-order chi connectivity index (χ1) is 5.88. The molecule has 3 heteroatoms. The van der Waals surface area contributed by atoms with Gasteiger partial charge in [-0.1, -0.05) is 6.92 Å². The summed E-state index contributed by atoms with van der Waals surface area (Å²) in [6.45, 7) is 5.84. The van der Waals surface area contributed by atoms with Crippen LogP contribution in [0.5, 0.6) is 0 Å². The molecule has 1 fully saturated rings. The Hall–Kier alpha value is -0.410. The Kier molecular flexibility index (Phi) is 2.42. The number of nitrogens with zero attached hydrogens (tertiary/aromatic N) is 2. The molecule has 0 N–H and O–H groups in total. The molecule has 12 heavy (non-hydrogen) atoms. The van der Waals surface area contributed by atoms with Crippen LogP contribution in [0.3, 0.4) is 0 Å². The fourth-order valence-electron chi connectivity index (χ4n) is 1.34. The summed E-state index contributed by atoms with van der Waals surface area (Å²) in [5.74, 6) is 0. The van der Waals surface area contributed by atoms with E-state index in [1.165, 1.54) is 29.4 Å². The Morgan fingerprint density at radius 2 is 2.42 bits per heavy atom. The minimum Gasteiger partial charge on any atom is -0.298 e. The molecule has 1 saturated heterocycles. The topological polar surface area (TPSA) is 16.1 Å². The molecule has 66 valence electrons. The Morgan fingerprint density at radius 3 is 2.92 bits per heavy atom. The molecule has 2 nitrogen and oxygen atoms in total. The standard InChI is InChI=1S/C9H14N2S/c1-2-9-10-6-8(12-9)7-11-4-3-5-11/h6H,2-5,7H2,1H3. The predicted octanol–water partition coefficient (Wildman–Crippen LogP) is 1.91. The van der Waals surface area contributed by atoms with E-state index in [1.807, 2.05) is 17.5 Å². The molecule has 0 atom stereocenters. The lowest BCUT2D eigenvalue weighted by molar-refractivity contribution is 0.174. The van der Waals surface area contributed by atoms with Crippen LogP contribution >= 0.6 is 11.3 Å². The van der Waals surface area contributed by atoms with E-state index >= 15 is 0 Å². The van der Waals surface area contributed by atoms with Gasteiger partial charge < -0.3 is 0 Å². The molecule has 1 aromatic heterocycles. The van der Waals surface area contributed by atoms with Gasteiger partial charge in [0.1, 0.15) is 0 Å². The first-order valence-electron chi connectivity index (χ1n) is 4.54. The van der Waals surface area contributed by atoms with Crippen LogP contribution < -0.4 is 0 Å². The highest BCUT2D eigenvalue weighted by Crippen LogP contribution is 2.18. The van der Waals surface area contributed by atoms with Gasteiger partial charge in [0.2, 0.25) is 0 Å². The van der Waals surface area contributed by atoms with Crippen molar-refractivity contribution in [3.63, 3.8) is 0 Å². The summed E-state index contributed by atoms with van der Waals surface area (Å²) in [5.41, 5.74) is 0. The molecule has 0 aromatic carbocycles. The highest BCUT2D eigenvalue weighted by Gasteiger charge is 2.14. The molecule has 0 unspecified atom stereocenters. The van der Waals surface area contributed by atoms with Crippen LogP contribution in [0, 0.1) is 0 Å². The number of hydrogen-bond acceptors (Lipinski definition) is 3. The van der Waals surface area contributed by atoms with Gasteiger partial charge in [0.15, 0.2) is 0 Å². The molecule has 0 aliphatic carbocycles. The molecular weight excluding hydrogens is 168 g/mol. The number of hydrogen-bond donors (Lipinski definition) is 0. The smallest absolute Gasteiger partial charge is 0.0925 e. The van der Waals surface area contributed by atoms with Crippen LogP contribution in [0.2, 0.25) is 0 Å². The Balaban J connectivity index is 1.93. The predicted molar refractivity (Wildman–Crippen MR) is 51.4 cm³/mol. The third-order valence-electron chi connectivity index (χ3n) is 2.23. The third-order valence-corrected chi connectivity index (χ3v) is 3.36. The molecule has 0 spiro atoms. The van der Waals surface area contributed by atoms with E-state index in [4.69, 9.17) is 0 Å². The van der Waals surface area contributed by atoms with E-state index < -0.39 is 0 Å². The summed E-state index contributed by atoms with van der Waals surface area (Å²) < 4.78 is 0. The van der Waals surface area contributed by atoms with Crippen molar-refractivity contribution in [2.45, 2.75) is 26.3 Å². The van der Waals surface area contributed by atoms with E-state index in [0.29, 0.717) is 0 Å². The Bertz CT molecular complexity index is 253. The second-order valence-electron chi connectivity index (χ2n) is 3.20. The van der Waals surface area contributed by atoms with E-state index in [1.54, 1.807) is 0 Å². The number of rotatable bonds is 3. The molecule has 2 rings (SSSR count). The van der Waals surface area contributed by atoms with Gasteiger partial charge >= 0.3 is 0 Å². The van der Waals surface area contributed by atoms with Crippen molar-refractivity contribution in [2.24, 2.45) is 0 Å². The van der Waals surface area contributed by atoms with Crippen molar-refractivity contribution in [1.29, 1.82) is 0 Å². The molecule has 0 radical (unpaired) electrons. The normalized spacial score (nSPS) is 17.8. The molecule has 1 aromatic rings. The van der Waals surface area contributed by atoms with Gasteiger partial charge in [0.05, 0.1) is 5.01 Å². The molecular formula is C9H14N2S. The lowest BCUT2D eigenvalue weighted by atomic mass is 10.2. The van der Waals surface area contributed by atoms with Gasteiger partial charge in [-0.2, -0.15) is 0 Å². The summed E-state index contributed by atoms with van der Waals surface area (Å²) in [4.78, 5) is 8.23. The first-order valence-corrected chi connectivity index (χ1v) is 5.36. The van der Waals surface area contributed by atoms with Crippen molar-refractivity contribution in [3.8, 4) is 0 Å². The van der Waals surface area contributed by atoms with Crippen LogP contribution in [0.4, 0.5) is 0 Å². The van der Waals surface area contributed by atoms with Crippen LogP contribution in [0.25, 0.3) is 0 Å². The average molecular weight is 182 g/mol. The van der Waals surface area contributed by atoms with Crippen LogP contribution in [-0.2, 0) is 13.0 Å². The second-order valence-corrected chi connectivity index (χ2v) is 4.40. The zero-order chi connectivity index (χ0) is 8.39. The summed E-state index contributed by atoms with van der Waals surface area (Å²) >= 11 is 1.86.